The van der Waals surface area contributed by atoms with E-state index >= 15 is 0 Å². The third-order valence-corrected chi connectivity index (χ3v) is 4.08. The van der Waals surface area contributed by atoms with E-state index in [-0.39, 0.29) is 5.91 Å². The summed E-state index contributed by atoms with van der Waals surface area (Å²) in [6, 6.07) is 19.4. The van der Waals surface area contributed by atoms with Gasteiger partial charge in [-0.1, -0.05) is 55.5 Å². The fourth-order valence-corrected chi connectivity index (χ4v) is 2.81. The molecule has 0 saturated heterocycles. The number of hydrogen-bond acceptors (Lipinski definition) is 3. The summed E-state index contributed by atoms with van der Waals surface area (Å²) in [5.41, 5.74) is 5.08. The molecule has 0 unspecified atom stereocenters. The van der Waals surface area contributed by atoms with Gasteiger partial charge in [0.05, 0.1) is 18.4 Å². The highest BCUT2D eigenvalue weighted by Gasteiger charge is 2.12. The number of carbonyl (C=O) groups is 1. The van der Waals surface area contributed by atoms with Gasteiger partial charge in [0.1, 0.15) is 5.75 Å². The number of benzene rings is 3. The lowest BCUT2D eigenvalue weighted by Gasteiger charge is -2.08. The van der Waals surface area contributed by atoms with Gasteiger partial charge in [-0.25, -0.2) is 5.43 Å². The van der Waals surface area contributed by atoms with Crippen molar-refractivity contribution in [1.29, 1.82) is 0 Å². The van der Waals surface area contributed by atoms with Crippen LogP contribution in [0.15, 0.2) is 65.8 Å². The molecule has 3 aromatic rings. The van der Waals surface area contributed by atoms with E-state index in [2.05, 4.69) is 17.5 Å². The normalized spacial score (nSPS) is 11.0. The first-order valence-corrected chi connectivity index (χ1v) is 8.73. The molecule has 26 heavy (non-hydrogen) atoms. The number of nitrogens with zero attached hydrogens (tertiary/aromatic N) is 1. The first-order valence-electron chi connectivity index (χ1n) is 8.73. The molecule has 0 fully saturated rings. The Kier molecular flexibility index (Phi) is 5.64. The number of aryl methyl sites for hydroxylation is 1. The summed E-state index contributed by atoms with van der Waals surface area (Å²) >= 11 is 0. The molecule has 3 rings (SSSR count). The van der Waals surface area contributed by atoms with Crippen LogP contribution in [-0.2, 0) is 0 Å². The van der Waals surface area contributed by atoms with E-state index < -0.39 is 0 Å². The number of hydrazone groups is 1. The Bertz CT molecular complexity index is 948. The van der Waals surface area contributed by atoms with Gasteiger partial charge in [0.25, 0.3) is 5.91 Å². The second-order valence-corrected chi connectivity index (χ2v) is 6.10. The Morgan fingerprint density at radius 3 is 2.81 bits per heavy atom. The summed E-state index contributed by atoms with van der Waals surface area (Å²) in [5.74, 6) is 0.584. The number of ether oxygens (including phenoxy) is 1. The summed E-state index contributed by atoms with van der Waals surface area (Å²) in [6.07, 6.45) is 2.58. The number of hydrogen-bond donors (Lipinski definition) is 1. The average molecular weight is 346 g/mol. The van der Waals surface area contributed by atoms with Crippen molar-refractivity contribution < 1.29 is 9.53 Å². The monoisotopic (exact) mass is 346 g/mol. The second-order valence-electron chi connectivity index (χ2n) is 6.10. The Labute approximate surface area is 153 Å². The lowest BCUT2D eigenvalue weighted by atomic mass is 9.99. The Morgan fingerprint density at radius 2 is 1.96 bits per heavy atom. The van der Waals surface area contributed by atoms with Crippen LogP contribution in [0.4, 0.5) is 0 Å². The highest BCUT2D eigenvalue weighted by Crippen LogP contribution is 2.22. The third kappa shape index (κ3) is 4.09. The van der Waals surface area contributed by atoms with E-state index in [0.29, 0.717) is 12.2 Å². The van der Waals surface area contributed by atoms with Crippen LogP contribution >= 0.6 is 0 Å². The number of fused-ring (bicyclic) bond motifs is 1. The van der Waals surface area contributed by atoms with Crippen LogP contribution in [0.1, 0.15) is 34.8 Å². The van der Waals surface area contributed by atoms with Crippen LogP contribution < -0.4 is 10.2 Å². The largest absolute Gasteiger partial charge is 0.494 e. The van der Waals surface area contributed by atoms with Crippen LogP contribution in [0.3, 0.4) is 0 Å². The van der Waals surface area contributed by atoms with Gasteiger partial charge in [-0.2, -0.15) is 5.10 Å². The van der Waals surface area contributed by atoms with E-state index in [4.69, 9.17) is 4.74 Å². The van der Waals surface area contributed by atoms with Crippen molar-refractivity contribution in [3.63, 3.8) is 0 Å². The lowest BCUT2D eigenvalue weighted by Crippen LogP contribution is -2.19. The Hall–Kier alpha value is -3.14. The van der Waals surface area contributed by atoms with Gasteiger partial charge < -0.3 is 4.74 Å². The predicted molar refractivity (Wildman–Crippen MR) is 106 cm³/mol. The summed E-state index contributed by atoms with van der Waals surface area (Å²) < 4.78 is 5.61. The fraction of sp³-hybridized carbons (Fsp3) is 0.182. The van der Waals surface area contributed by atoms with Gasteiger partial charge in [-0.15, -0.1) is 0 Å². The highest BCUT2D eigenvalue weighted by molar-refractivity contribution is 6.08. The standard InChI is InChI=1S/C22H22N2O2/c1-3-13-26-19-9-6-7-17(14-19)15-23-24-22(25)21-16(2)11-12-18-8-4-5-10-20(18)21/h4-12,14-15H,3,13H2,1-2H3,(H,24,25)/b23-15-. The molecule has 3 aromatic carbocycles. The molecule has 0 bridgehead atoms. The quantitative estimate of drug-likeness (QED) is 0.519. The molecule has 132 valence electrons. The minimum Gasteiger partial charge on any atom is -0.494 e. The van der Waals surface area contributed by atoms with Gasteiger partial charge in [-0.05, 0) is 47.4 Å². The maximum atomic E-state index is 12.6. The van der Waals surface area contributed by atoms with Crippen molar-refractivity contribution in [3.05, 3.63) is 77.4 Å². The van der Waals surface area contributed by atoms with Crippen LogP contribution in [0.2, 0.25) is 0 Å². The molecule has 1 amide bonds. The maximum absolute atomic E-state index is 12.6. The minimum atomic E-state index is -0.214. The number of rotatable bonds is 6. The van der Waals surface area contributed by atoms with E-state index in [0.717, 1.165) is 34.1 Å². The maximum Gasteiger partial charge on any atom is 0.272 e. The van der Waals surface area contributed by atoms with E-state index in [1.54, 1.807) is 6.21 Å². The third-order valence-electron chi connectivity index (χ3n) is 4.08. The summed E-state index contributed by atoms with van der Waals surface area (Å²) in [7, 11) is 0. The van der Waals surface area contributed by atoms with Gasteiger partial charge in [0.15, 0.2) is 0 Å². The molecule has 0 saturated carbocycles. The topological polar surface area (TPSA) is 50.7 Å². The van der Waals surface area contributed by atoms with E-state index in [1.807, 2.05) is 67.6 Å². The van der Waals surface area contributed by atoms with Crippen molar-refractivity contribution in [2.45, 2.75) is 20.3 Å². The fourth-order valence-electron chi connectivity index (χ4n) is 2.81. The molecule has 0 aliphatic heterocycles. The summed E-state index contributed by atoms with van der Waals surface area (Å²) in [5, 5.41) is 6.07. The van der Waals surface area contributed by atoms with Gasteiger partial charge in [-0.3, -0.25) is 4.79 Å². The molecule has 0 heterocycles. The molecule has 0 aliphatic rings. The van der Waals surface area contributed by atoms with Crippen LogP contribution in [0, 0.1) is 6.92 Å². The van der Waals surface area contributed by atoms with Crippen molar-refractivity contribution in [3.8, 4) is 5.75 Å². The Balaban J connectivity index is 1.75. The molecule has 0 aromatic heterocycles. The lowest BCUT2D eigenvalue weighted by molar-refractivity contribution is 0.0956. The highest BCUT2D eigenvalue weighted by atomic mass is 16.5. The van der Waals surface area contributed by atoms with E-state index in [1.165, 1.54) is 0 Å². The zero-order valence-corrected chi connectivity index (χ0v) is 15.0. The van der Waals surface area contributed by atoms with Crippen LogP contribution in [0.5, 0.6) is 5.75 Å². The molecule has 0 radical (unpaired) electrons. The molecule has 0 atom stereocenters. The smallest absolute Gasteiger partial charge is 0.272 e. The molecule has 4 nitrogen and oxygen atoms in total. The van der Waals surface area contributed by atoms with E-state index in [9.17, 15) is 4.79 Å². The SMILES string of the molecule is CCCOc1cccc(/C=N\NC(=O)c2c(C)ccc3ccccc23)c1. The number of carbonyl (C=O) groups excluding carboxylic acids is 1. The Morgan fingerprint density at radius 1 is 1.12 bits per heavy atom. The van der Waals surface area contributed by atoms with Crippen molar-refractivity contribution >= 4 is 22.9 Å². The van der Waals surface area contributed by atoms with Crippen molar-refractivity contribution in [2.24, 2.45) is 5.10 Å². The minimum absolute atomic E-state index is 0.214. The molecular weight excluding hydrogens is 324 g/mol. The molecule has 0 aliphatic carbocycles. The van der Waals surface area contributed by atoms with Crippen LogP contribution in [-0.4, -0.2) is 18.7 Å². The average Bonchev–Trinajstić information content (AvgIpc) is 2.66. The first-order chi connectivity index (χ1) is 12.7. The van der Waals surface area contributed by atoms with Crippen molar-refractivity contribution in [1.82, 2.24) is 5.43 Å². The molecule has 0 spiro atoms. The number of nitrogens with one attached hydrogen (secondary N) is 1. The van der Waals surface area contributed by atoms with Gasteiger partial charge in [0.2, 0.25) is 0 Å². The second kappa shape index (κ2) is 8.30. The van der Waals surface area contributed by atoms with Gasteiger partial charge >= 0.3 is 0 Å². The molecule has 1 N–H and O–H groups in total. The predicted octanol–water partition coefficient (Wildman–Crippen LogP) is 4.70. The number of amides is 1. The van der Waals surface area contributed by atoms with Crippen molar-refractivity contribution in [2.75, 3.05) is 6.61 Å². The summed E-state index contributed by atoms with van der Waals surface area (Å²) in [6.45, 7) is 4.67. The zero-order chi connectivity index (χ0) is 18.4. The molecule has 4 heteroatoms. The zero-order valence-electron chi connectivity index (χ0n) is 15.0. The molecular formula is C22H22N2O2. The van der Waals surface area contributed by atoms with Gasteiger partial charge in [0, 0.05) is 0 Å². The van der Waals surface area contributed by atoms with Crippen LogP contribution in [0.25, 0.3) is 10.8 Å². The first kappa shape index (κ1) is 17.7. The summed E-state index contributed by atoms with van der Waals surface area (Å²) in [4.78, 5) is 12.6.